The molecule has 0 bridgehead atoms. The average molecular weight is 239 g/mol. The third-order valence-corrected chi connectivity index (χ3v) is 3.44. The van der Waals surface area contributed by atoms with Gasteiger partial charge in [-0.1, -0.05) is 30.3 Å². The number of phenols is 1. The maximum absolute atomic E-state index is 9.30. The van der Waals surface area contributed by atoms with Crippen molar-refractivity contribution < 1.29 is 5.11 Å². The first kappa shape index (κ1) is 11.1. The lowest BCUT2D eigenvalue weighted by Crippen LogP contribution is -2.12. The molecule has 1 unspecified atom stereocenters. The monoisotopic (exact) mass is 239 g/mol. The van der Waals surface area contributed by atoms with E-state index in [9.17, 15) is 5.11 Å². The van der Waals surface area contributed by atoms with E-state index >= 15 is 0 Å². The number of anilines is 1. The van der Waals surface area contributed by atoms with Crippen LogP contribution in [0.4, 0.5) is 5.69 Å². The standard InChI is InChI=1S/C16H17NO/c18-15-10-8-14(9-11-15)17-16(13-6-7-13)12-4-2-1-3-5-12/h1-5,8-11,13,16-18H,6-7H2. The lowest BCUT2D eigenvalue weighted by molar-refractivity contribution is 0.475. The second kappa shape index (κ2) is 4.73. The predicted molar refractivity (Wildman–Crippen MR) is 73.6 cm³/mol. The molecule has 2 heteroatoms. The Balaban J connectivity index is 1.81. The zero-order valence-corrected chi connectivity index (χ0v) is 10.2. The molecule has 0 spiro atoms. The molecule has 0 radical (unpaired) electrons. The van der Waals surface area contributed by atoms with Gasteiger partial charge in [-0.05, 0) is 48.6 Å². The maximum atomic E-state index is 9.30. The van der Waals surface area contributed by atoms with Crippen LogP contribution < -0.4 is 5.32 Å². The van der Waals surface area contributed by atoms with Crippen LogP contribution in [-0.2, 0) is 0 Å². The minimum Gasteiger partial charge on any atom is -0.508 e. The number of nitrogens with one attached hydrogen (secondary N) is 1. The number of aromatic hydroxyl groups is 1. The molecule has 2 aromatic carbocycles. The number of rotatable bonds is 4. The van der Waals surface area contributed by atoms with Crippen LogP contribution in [0.25, 0.3) is 0 Å². The maximum Gasteiger partial charge on any atom is 0.115 e. The van der Waals surface area contributed by atoms with Crippen molar-refractivity contribution in [1.82, 2.24) is 0 Å². The molecular formula is C16H17NO. The Hall–Kier alpha value is -1.96. The van der Waals surface area contributed by atoms with Crippen LogP contribution in [0, 0.1) is 5.92 Å². The van der Waals surface area contributed by atoms with Gasteiger partial charge in [0.05, 0.1) is 6.04 Å². The Labute approximate surface area is 107 Å². The summed E-state index contributed by atoms with van der Waals surface area (Å²) in [6, 6.07) is 18.2. The topological polar surface area (TPSA) is 32.3 Å². The van der Waals surface area contributed by atoms with Gasteiger partial charge in [0.1, 0.15) is 5.75 Å². The summed E-state index contributed by atoms with van der Waals surface area (Å²) in [5, 5.41) is 12.9. The molecular weight excluding hydrogens is 222 g/mol. The number of benzene rings is 2. The highest BCUT2D eigenvalue weighted by Crippen LogP contribution is 2.42. The van der Waals surface area contributed by atoms with Crippen LogP contribution in [0.3, 0.4) is 0 Å². The summed E-state index contributed by atoms with van der Waals surface area (Å²) in [4.78, 5) is 0. The molecule has 18 heavy (non-hydrogen) atoms. The van der Waals surface area contributed by atoms with Crippen molar-refractivity contribution in [1.29, 1.82) is 0 Å². The minimum atomic E-state index is 0.309. The fourth-order valence-corrected chi connectivity index (χ4v) is 2.30. The predicted octanol–water partition coefficient (Wildman–Crippen LogP) is 3.96. The van der Waals surface area contributed by atoms with E-state index in [4.69, 9.17) is 0 Å². The fourth-order valence-electron chi connectivity index (χ4n) is 2.30. The third kappa shape index (κ3) is 2.48. The van der Waals surface area contributed by atoms with Gasteiger partial charge in [0.15, 0.2) is 0 Å². The van der Waals surface area contributed by atoms with Crippen molar-refractivity contribution in [3.05, 3.63) is 60.2 Å². The van der Waals surface area contributed by atoms with Crippen LogP contribution in [0.2, 0.25) is 0 Å². The molecule has 0 amide bonds. The van der Waals surface area contributed by atoms with Crippen LogP contribution in [-0.4, -0.2) is 5.11 Å². The average Bonchev–Trinajstić information content (AvgIpc) is 3.23. The van der Waals surface area contributed by atoms with E-state index in [1.165, 1.54) is 18.4 Å². The van der Waals surface area contributed by atoms with E-state index in [1.54, 1.807) is 12.1 Å². The first-order valence-corrected chi connectivity index (χ1v) is 6.43. The van der Waals surface area contributed by atoms with E-state index < -0.39 is 0 Å². The highest BCUT2D eigenvalue weighted by Gasteiger charge is 2.32. The summed E-state index contributed by atoms with van der Waals surface area (Å²) < 4.78 is 0. The van der Waals surface area contributed by atoms with Crippen LogP contribution in [0.15, 0.2) is 54.6 Å². The molecule has 1 aliphatic carbocycles. The zero-order valence-electron chi connectivity index (χ0n) is 10.2. The Bertz CT molecular complexity index is 502. The highest BCUT2D eigenvalue weighted by molar-refractivity contribution is 5.48. The van der Waals surface area contributed by atoms with Crippen molar-refractivity contribution >= 4 is 5.69 Å². The smallest absolute Gasteiger partial charge is 0.115 e. The van der Waals surface area contributed by atoms with Crippen molar-refractivity contribution in [2.24, 2.45) is 5.92 Å². The van der Waals surface area contributed by atoms with Gasteiger partial charge >= 0.3 is 0 Å². The van der Waals surface area contributed by atoms with Gasteiger partial charge in [0.2, 0.25) is 0 Å². The Kier molecular flexibility index (Phi) is 2.93. The van der Waals surface area contributed by atoms with Crippen LogP contribution >= 0.6 is 0 Å². The largest absolute Gasteiger partial charge is 0.508 e. The lowest BCUT2D eigenvalue weighted by atomic mass is 10.0. The summed E-state index contributed by atoms with van der Waals surface area (Å²) in [5.74, 6) is 1.05. The van der Waals surface area contributed by atoms with Gasteiger partial charge in [0, 0.05) is 5.69 Å². The summed E-state index contributed by atoms with van der Waals surface area (Å²) >= 11 is 0. The van der Waals surface area contributed by atoms with E-state index in [-0.39, 0.29) is 0 Å². The molecule has 1 fully saturated rings. The van der Waals surface area contributed by atoms with E-state index in [1.807, 2.05) is 18.2 Å². The van der Waals surface area contributed by atoms with Gasteiger partial charge in [-0.15, -0.1) is 0 Å². The van der Waals surface area contributed by atoms with Gasteiger partial charge < -0.3 is 10.4 Å². The molecule has 2 nitrogen and oxygen atoms in total. The molecule has 2 aromatic rings. The fraction of sp³-hybridized carbons (Fsp3) is 0.250. The molecule has 0 aromatic heterocycles. The molecule has 3 rings (SSSR count). The highest BCUT2D eigenvalue weighted by atomic mass is 16.3. The lowest BCUT2D eigenvalue weighted by Gasteiger charge is -2.20. The molecule has 1 atom stereocenters. The van der Waals surface area contributed by atoms with Gasteiger partial charge in [-0.25, -0.2) is 0 Å². The van der Waals surface area contributed by atoms with Gasteiger partial charge in [-0.3, -0.25) is 0 Å². The third-order valence-electron chi connectivity index (χ3n) is 3.44. The molecule has 0 heterocycles. The van der Waals surface area contributed by atoms with Crippen molar-refractivity contribution in [3.8, 4) is 5.75 Å². The zero-order chi connectivity index (χ0) is 12.4. The van der Waals surface area contributed by atoms with Crippen LogP contribution in [0.1, 0.15) is 24.4 Å². The SMILES string of the molecule is Oc1ccc(NC(c2ccccc2)C2CC2)cc1. The van der Waals surface area contributed by atoms with E-state index in [0.717, 1.165) is 11.6 Å². The normalized spacial score (nSPS) is 16.2. The Morgan fingerprint density at radius 2 is 1.61 bits per heavy atom. The second-order valence-electron chi connectivity index (χ2n) is 4.92. The Morgan fingerprint density at radius 3 is 2.22 bits per heavy atom. The summed E-state index contributed by atoms with van der Waals surface area (Å²) in [5.41, 5.74) is 2.40. The molecule has 92 valence electrons. The second-order valence-corrected chi connectivity index (χ2v) is 4.92. The minimum absolute atomic E-state index is 0.309. The molecule has 0 saturated heterocycles. The number of phenolic OH excluding ortho intramolecular Hbond substituents is 1. The number of hydrogen-bond donors (Lipinski definition) is 2. The molecule has 1 aliphatic rings. The summed E-state index contributed by atoms with van der Waals surface area (Å²) in [6.07, 6.45) is 2.59. The van der Waals surface area contributed by atoms with E-state index in [2.05, 4.69) is 29.6 Å². The quantitative estimate of drug-likeness (QED) is 0.792. The molecule has 0 aliphatic heterocycles. The van der Waals surface area contributed by atoms with Crippen molar-refractivity contribution in [3.63, 3.8) is 0 Å². The van der Waals surface area contributed by atoms with Crippen molar-refractivity contribution in [2.75, 3.05) is 5.32 Å². The van der Waals surface area contributed by atoms with Gasteiger partial charge in [0.25, 0.3) is 0 Å². The van der Waals surface area contributed by atoms with Crippen LogP contribution in [0.5, 0.6) is 5.75 Å². The Morgan fingerprint density at radius 1 is 0.944 bits per heavy atom. The first-order chi connectivity index (χ1) is 8.83. The van der Waals surface area contributed by atoms with Gasteiger partial charge in [-0.2, -0.15) is 0 Å². The molecule has 1 saturated carbocycles. The molecule has 2 N–H and O–H groups in total. The first-order valence-electron chi connectivity index (χ1n) is 6.43. The summed E-state index contributed by atoms with van der Waals surface area (Å²) in [6.45, 7) is 0. The van der Waals surface area contributed by atoms with Crippen molar-refractivity contribution in [2.45, 2.75) is 18.9 Å². The summed E-state index contributed by atoms with van der Waals surface area (Å²) in [7, 11) is 0. The number of hydrogen-bond acceptors (Lipinski definition) is 2. The van der Waals surface area contributed by atoms with E-state index in [0.29, 0.717) is 11.8 Å².